The van der Waals surface area contributed by atoms with Crippen LogP contribution in [-0.4, -0.2) is 27.1 Å². The molecule has 4 rings (SSSR count). The van der Waals surface area contributed by atoms with Crippen LogP contribution in [0, 0.1) is 13.8 Å². The van der Waals surface area contributed by atoms with Crippen molar-refractivity contribution in [2.24, 2.45) is 0 Å². The van der Waals surface area contributed by atoms with Crippen molar-refractivity contribution in [3.05, 3.63) is 64.5 Å². The lowest BCUT2D eigenvalue weighted by molar-refractivity contribution is -0.151. The van der Waals surface area contributed by atoms with Crippen molar-refractivity contribution in [2.75, 3.05) is 5.32 Å². The summed E-state index contributed by atoms with van der Waals surface area (Å²) in [6, 6.07) is 8.53. The van der Waals surface area contributed by atoms with Gasteiger partial charge in [-0.25, -0.2) is 9.97 Å². The van der Waals surface area contributed by atoms with Gasteiger partial charge in [-0.3, -0.25) is 4.79 Å². The van der Waals surface area contributed by atoms with Crippen LogP contribution in [0.15, 0.2) is 36.4 Å². The number of hydrogen-bond donors (Lipinski definition) is 2. The fraction of sp³-hybridized carbons (Fsp3) is 0.444. The Morgan fingerprint density at radius 3 is 2.50 bits per heavy atom. The highest BCUT2D eigenvalue weighted by atomic mass is 19.4. The Bertz CT molecular complexity index is 1280. The quantitative estimate of drug-likeness (QED) is 0.409. The molecule has 6 nitrogen and oxygen atoms in total. The lowest BCUT2D eigenvalue weighted by atomic mass is 9.77. The number of benzene rings is 2. The Balaban J connectivity index is 1.68. The van der Waals surface area contributed by atoms with Crippen LogP contribution >= 0.6 is 0 Å². The highest BCUT2D eigenvalue weighted by Crippen LogP contribution is 2.41. The zero-order valence-electron chi connectivity index (χ0n) is 20.7. The molecule has 0 amide bonds. The first kappa shape index (κ1) is 25.9. The number of alkyl halides is 3. The molecule has 1 aromatic heterocycles. The SMILES string of the molecule is CC(=O)O[C@H]1CC[C@](O)(c2cc(C)c3nc(C)nc(N[C@H](C)c4cccc(C(F)(F)F)c4)c3c2)CC1. The second kappa shape index (κ2) is 9.69. The van der Waals surface area contributed by atoms with Gasteiger partial charge in [0, 0.05) is 18.4 Å². The predicted molar refractivity (Wildman–Crippen MR) is 130 cm³/mol. The Kier molecular flexibility index (Phi) is 6.96. The number of carbonyl (C=O) groups excluding carboxylic acids is 1. The summed E-state index contributed by atoms with van der Waals surface area (Å²) < 4.78 is 45.0. The molecule has 3 aromatic rings. The number of aromatic nitrogens is 2. The number of carbonyl (C=O) groups is 1. The number of ether oxygens (including phenoxy) is 1. The lowest BCUT2D eigenvalue weighted by Crippen LogP contribution is -2.35. The molecule has 1 fully saturated rings. The summed E-state index contributed by atoms with van der Waals surface area (Å²) in [4.78, 5) is 20.4. The minimum atomic E-state index is -4.43. The van der Waals surface area contributed by atoms with Gasteiger partial charge in [-0.2, -0.15) is 13.2 Å². The van der Waals surface area contributed by atoms with E-state index in [-0.39, 0.29) is 12.1 Å². The van der Waals surface area contributed by atoms with E-state index in [0.717, 1.165) is 23.3 Å². The standard InChI is InChI=1S/C27H30F3N3O3/c1-15-12-21(26(35)10-8-22(9-11-26)36-18(4)34)14-23-24(15)32-17(3)33-25(23)31-16(2)19-6-5-7-20(13-19)27(28,29)30/h5-7,12-14,16,22,35H,8-11H2,1-4H3,(H,31,32,33)/t16-,22-,26+/m1/s1. The molecule has 0 spiro atoms. The molecule has 1 atom stereocenters. The number of aliphatic hydroxyl groups is 1. The second-order valence-electron chi connectivity index (χ2n) is 9.64. The number of aryl methyl sites for hydroxylation is 2. The fourth-order valence-electron chi connectivity index (χ4n) is 4.88. The van der Waals surface area contributed by atoms with E-state index in [4.69, 9.17) is 4.74 Å². The number of fused-ring (bicyclic) bond motifs is 1. The second-order valence-corrected chi connectivity index (χ2v) is 9.64. The monoisotopic (exact) mass is 501 g/mol. The molecule has 192 valence electrons. The number of anilines is 1. The Labute approximate surface area is 207 Å². The molecule has 1 heterocycles. The van der Waals surface area contributed by atoms with Crippen LogP contribution in [0.1, 0.15) is 73.7 Å². The van der Waals surface area contributed by atoms with Crippen molar-refractivity contribution >= 4 is 22.7 Å². The van der Waals surface area contributed by atoms with Crippen molar-refractivity contribution in [3.63, 3.8) is 0 Å². The fourth-order valence-corrected chi connectivity index (χ4v) is 4.88. The summed E-state index contributed by atoms with van der Waals surface area (Å²) in [5.74, 6) is 0.687. The Morgan fingerprint density at radius 2 is 1.86 bits per heavy atom. The van der Waals surface area contributed by atoms with Crippen molar-refractivity contribution in [1.29, 1.82) is 0 Å². The molecule has 0 radical (unpaired) electrons. The molecule has 0 unspecified atom stereocenters. The molecule has 2 aromatic carbocycles. The topological polar surface area (TPSA) is 84.3 Å². The van der Waals surface area contributed by atoms with E-state index in [1.54, 1.807) is 19.9 Å². The number of rotatable bonds is 5. The largest absolute Gasteiger partial charge is 0.463 e. The normalized spacial score (nSPS) is 21.3. The minimum absolute atomic E-state index is 0.208. The zero-order chi connectivity index (χ0) is 26.3. The molecule has 1 saturated carbocycles. The van der Waals surface area contributed by atoms with Gasteiger partial charge in [0.25, 0.3) is 0 Å². The molecule has 0 aliphatic heterocycles. The third-order valence-electron chi connectivity index (χ3n) is 6.80. The van der Waals surface area contributed by atoms with Gasteiger partial charge in [0.15, 0.2) is 0 Å². The van der Waals surface area contributed by atoms with Crippen LogP contribution in [0.3, 0.4) is 0 Å². The molecule has 9 heteroatoms. The van der Waals surface area contributed by atoms with Gasteiger partial charge < -0.3 is 15.2 Å². The van der Waals surface area contributed by atoms with Crippen LogP contribution in [0.4, 0.5) is 19.0 Å². The molecule has 1 aliphatic rings. The summed E-state index contributed by atoms with van der Waals surface area (Å²) in [5.41, 5.74) is 0.966. The highest BCUT2D eigenvalue weighted by Gasteiger charge is 2.36. The number of esters is 1. The number of nitrogens with one attached hydrogen (secondary N) is 1. The minimum Gasteiger partial charge on any atom is -0.463 e. The molecule has 1 aliphatic carbocycles. The summed E-state index contributed by atoms with van der Waals surface area (Å²) in [6.07, 6.45) is -2.66. The third-order valence-corrected chi connectivity index (χ3v) is 6.80. The first-order valence-electron chi connectivity index (χ1n) is 12.0. The summed E-state index contributed by atoms with van der Waals surface area (Å²) in [5, 5.41) is 15.4. The molecular weight excluding hydrogens is 471 g/mol. The van der Waals surface area contributed by atoms with Gasteiger partial charge in [0.2, 0.25) is 0 Å². The Hall–Kier alpha value is -3.20. The predicted octanol–water partition coefficient (Wildman–Crippen LogP) is 6.13. The van der Waals surface area contributed by atoms with Gasteiger partial charge in [-0.15, -0.1) is 0 Å². The van der Waals surface area contributed by atoms with Gasteiger partial charge in [0.1, 0.15) is 17.7 Å². The first-order chi connectivity index (χ1) is 16.9. The van der Waals surface area contributed by atoms with E-state index in [2.05, 4.69) is 15.3 Å². The first-order valence-corrected chi connectivity index (χ1v) is 12.0. The van der Waals surface area contributed by atoms with E-state index in [1.165, 1.54) is 13.0 Å². The van der Waals surface area contributed by atoms with E-state index in [0.29, 0.717) is 53.8 Å². The van der Waals surface area contributed by atoms with Crippen LogP contribution < -0.4 is 5.32 Å². The van der Waals surface area contributed by atoms with Gasteiger partial charge >= 0.3 is 12.1 Å². The third kappa shape index (κ3) is 5.46. The van der Waals surface area contributed by atoms with Gasteiger partial charge in [0.05, 0.1) is 16.7 Å². The van der Waals surface area contributed by atoms with Crippen LogP contribution in [0.25, 0.3) is 10.9 Å². The van der Waals surface area contributed by atoms with Crippen molar-refractivity contribution < 1.29 is 27.8 Å². The summed E-state index contributed by atoms with van der Waals surface area (Å²) in [7, 11) is 0. The van der Waals surface area contributed by atoms with Gasteiger partial charge in [-0.05, 0) is 81.3 Å². The maximum atomic E-state index is 13.2. The van der Waals surface area contributed by atoms with E-state index < -0.39 is 23.4 Å². The number of hydrogen-bond acceptors (Lipinski definition) is 6. The number of nitrogens with zero attached hydrogens (tertiary/aromatic N) is 2. The lowest BCUT2D eigenvalue weighted by Gasteiger charge is -2.36. The highest BCUT2D eigenvalue weighted by molar-refractivity contribution is 5.92. The van der Waals surface area contributed by atoms with Crippen LogP contribution in [-0.2, 0) is 21.3 Å². The van der Waals surface area contributed by atoms with Crippen LogP contribution in [0.2, 0.25) is 0 Å². The smallest absolute Gasteiger partial charge is 0.416 e. The van der Waals surface area contributed by atoms with Crippen LogP contribution in [0.5, 0.6) is 0 Å². The molecule has 36 heavy (non-hydrogen) atoms. The zero-order valence-corrected chi connectivity index (χ0v) is 20.7. The van der Waals surface area contributed by atoms with Gasteiger partial charge in [-0.1, -0.05) is 18.2 Å². The van der Waals surface area contributed by atoms with E-state index >= 15 is 0 Å². The molecular formula is C27H30F3N3O3. The van der Waals surface area contributed by atoms with Crippen molar-refractivity contribution in [1.82, 2.24) is 9.97 Å². The van der Waals surface area contributed by atoms with E-state index in [1.807, 2.05) is 19.1 Å². The van der Waals surface area contributed by atoms with E-state index in [9.17, 15) is 23.1 Å². The van der Waals surface area contributed by atoms with Crippen molar-refractivity contribution in [2.45, 2.75) is 77.3 Å². The Morgan fingerprint density at radius 1 is 1.17 bits per heavy atom. The number of halogens is 3. The molecule has 2 N–H and O–H groups in total. The average Bonchev–Trinajstić information content (AvgIpc) is 2.80. The van der Waals surface area contributed by atoms with Crippen molar-refractivity contribution in [3.8, 4) is 0 Å². The summed E-state index contributed by atoms with van der Waals surface area (Å²) in [6.45, 7) is 6.83. The molecule has 0 saturated heterocycles. The molecule has 0 bridgehead atoms. The maximum absolute atomic E-state index is 13.2. The summed E-state index contributed by atoms with van der Waals surface area (Å²) >= 11 is 0. The maximum Gasteiger partial charge on any atom is 0.416 e. The average molecular weight is 502 g/mol.